The van der Waals surface area contributed by atoms with Crippen molar-refractivity contribution in [2.24, 2.45) is 28.1 Å². The number of rotatable bonds is 5. The van der Waals surface area contributed by atoms with Crippen LogP contribution in [-0.4, -0.2) is 68.5 Å². The van der Waals surface area contributed by atoms with Gasteiger partial charge in [0.05, 0.1) is 11.5 Å². The van der Waals surface area contributed by atoms with Crippen molar-refractivity contribution in [2.45, 2.75) is 58.5 Å². The number of hydrogen-bond donors (Lipinski definition) is 6. The number of nitrogens with zero attached hydrogens (tertiary/aromatic N) is 2. The van der Waals surface area contributed by atoms with E-state index in [-0.39, 0.29) is 35.1 Å². The highest BCUT2D eigenvalue weighted by molar-refractivity contribution is 6.38. The number of hydrogen-bond acceptors (Lipinski definition) is 10. The SMILES string of the molecule is CN(C)c1cc(CCCC(C)(C)C)c(O)c2c1C[C@H]1C[C@H]3/C(=N/O)C(O)=C(C(N)=O)C(=O)[C@@]3(O)C(=O)C1=C2O. The summed E-state index contributed by atoms with van der Waals surface area (Å²) in [6.45, 7) is 6.35. The average molecular weight is 542 g/mol. The van der Waals surface area contributed by atoms with Crippen LogP contribution in [0.4, 0.5) is 5.69 Å². The number of amides is 1. The predicted molar refractivity (Wildman–Crippen MR) is 143 cm³/mol. The molecule has 1 fully saturated rings. The Morgan fingerprint density at radius 1 is 1.15 bits per heavy atom. The van der Waals surface area contributed by atoms with Crippen LogP contribution in [0.1, 0.15) is 56.7 Å². The predicted octanol–water partition coefficient (Wildman–Crippen LogP) is 2.30. The number of aromatic hydroxyl groups is 1. The van der Waals surface area contributed by atoms with E-state index in [2.05, 4.69) is 25.9 Å². The number of carbonyl (C=O) groups is 3. The maximum absolute atomic E-state index is 13.8. The summed E-state index contributed by atoms with van der Waals surface area (Å²) in [4.78, 5) is 40.8. The van der Waals surface area contributed by atoms with Gasteiger partial charge in [0.2, 0.25) is 11.6 Å². The molecule has 1 aromatic rings. The van der Waals surface area contributed by atoms with Gasteiger partial charge in [0.15, 0.2) is 11.4 Å². The van der Waals surface area contributed by atoms with Gasteiger partial charge in [0, 0.05) is 25.4 Å². The maximum atomic E-state index is 13.8. The summed E-state index contributed by atoms with van der Waals surface area (Å²) in [6.07, 6.45) is 2.15. The molecule has 11 heteroatoms. The monoisotopic (exact) mass is 541 g/mol. The Bertz CT molecular complexity index is 1380. The van der Waals surface area contributed by atoms with Gasteiger partial charge in [-0.3, -0.25) is 14.4 Å². The van der Waals surface area contributed by atoms with E-state index < -0.39 is 57.7 Å². The minimum Gasteiger partial charge on any atom is -0.507 e. The third-order valence-electron chi connectivity index (χ3n) is 8.02. The van der Waals surface area contributed by atoms with E-state index in [1.165, 1.54) is 0 Å². The van der Waals surface area contributed by atoms with Crippen molar-refractivity contribution in [3.8, 4) is 5.75 Å². The fraction of sp³-hybridized carbons (Fsp3) is 0.500. The van der Waals surface area contributed by atoms with Crippen LogP contribution < -0.4 is 10.6 Å². The van der Waals surface area contributed by atoms with Crippen LogP contribution in [0.5, 0.6) is 5.75 Å². The van der Waals surface area contributed by atoms with E-state index in [9.17, 15) is 40.0 Å². The molecule has 39 heavy (non-hydrogen) atoms. The van der Waals surface area contributed by atoms with E-state index in [4.69, 9.17) is 5.73 Å². The molecule has 1 amide bonds. The number of nitrogens with two attached hydrogens (primary N) is 1. The van der Waals surface area contributed by atoms with Crippen molar-refractivity contribution in [2.75, 3.05) is 19.0 Å². The normalized spacial score (nSPS) is 25.9. The van der Waals surface area contributed by atoms with Crippen LogP contribution in [0.3, 0.4) is 0 Å². The largest absolute Gasteiger partial charge is 0.507 e. The van der Waals surface area contributed by atoms with Crippen LogP contribution >= 0.6 is 0 Å². The lowest BCUT2D eigenvalue weighted by molar-refractivity contribution is -0.153. The smallest absolute Gasteiger partial charge is 0.256 e. The van der Waals surface area contributed by atoms with Crippen molar-refractivity contribution in [1.82, 2.24) is 0 Å². The fourth-order valence-electron chi connectivity index (χ4n) is 6.11. The second kappa shape index (κ2) is 9.41. The van der Waals surface area contributed by atoms with E-state index in [1.54, 1.807) is 0 Å². The standard InChI is InChI=1S/C28H35N3O8/c1-27(2,3)8-6-7-12-11-16(31(4)5)14-9-13-10-15-20(30-39)23(34)19(26(29)37)25(36)28(15,38)24(35)17(13)22(33)18(14)21(12)32/h11,13,15,32-34,38-39H,6-10H2,1-5H3,(H2,29,37)/b30-20-/t13-,15-,28-/m0/s1. The van der Waals surface area contributed by atoms with Gasteiger partial charge in [0.1, 0.15) is 22.8 Å². The number of phenolic OH excluding ortho intramolecular Hbond substituents is 1. The Kier molecular flexibility index (Phi) is 6.79. The minimum absolute atomic E-state index is 0.0569. The van der Waals surface area contributed by atoms with E-state index in [1.807, 2.05) is 25.1 Å². The van der Waals surface area contributed by atoms with Crippen molar-refractivity contribution in [3.05, 3.63) is 39.7 Å². The maximum Gasteiger partial charge on any atom is 0.256 e. The van der Waals surface area contributed by atoms with Crippen molar-refractivity contribution >= 4 is 34.6 Å². The summed E-state index contributed by atoms with van der Waals surface area (Å²) in [6, 6.07) is 1.86. The number of benzene rings is 1. The van der Waals surface area contributed by atoms with Gasteiger partial charge in [-0.25, -0.2) is 0 Å². The van der Waals surface area contributed by atoms with Gasteiger partial charge in [0.25, 0.3) is 5.91 Å². The molecule has 210 valence electrons. The first-order valence-electron chi connectivity index (χ1n) is 12.8. The number of ketones is 2. The summed E-state index contributed by atoms with van der Waals surface area (Å²) in [5.74, 6) is -8.06. The van der Waals surface area contributed by atoms with Crippen LogP contribution in [0.15, 0.2) is 28.1 Å². The highest BCUT2D eigenvalue weighted by atomic mass is 16.4. The van der Waals surface area contributed by atoms with Crippen molar-refractivity contribution in [3.63, 3.8) is 0 Å². The second-order valence-corrected chi connectivity index (χ2v) is 12.0. The van der Waals surface area contributed by atoms with Gasteiger partial charge in [-0.2, -0.15) is 0 Å². The highest BCUT2D eigenvalue weighted by Gasteiger charge is 2.64. The second-order valence-electron chi connectivity index (χ2n) is 12.0. The summed E-state index contributed by atoms with van der Waals surface area (Å²) in [5, 5.41) is 57.3. The van der Waals surface area contributed by atoms with Crippen LogP contribution in [0.25, 0.3) is 5.76 Å². The molecule has 0 aromatic heterocycles. The molecular formula is C28H35N3O8. The number of Topliss-reactive ketones (excluding diaryl/α,β-unsaturated/α-hetero) is 2. The van der Waals surface area contributed by atoms with Gasteiger partial charge >= 0.3 is 0 Å². The van der Waals surface area contributed by atoms with Crippen LogP contribution in [-0.2, 0) is 27.2 Å². The topological polar surface area (TPSA) is 194 Å². The lowest BCUT2D eigenvalue weighted by Gasteiger charge is -2.45. The number of aliphatic hydroxyl groups excluding tert-OH is 2. The quantitative estimate of drug-likeness (QED) is 0.140. The Hall–Kier alpha value is -3.86. The molecule has 4 rings (SSSR count). The van der Waals surface area contributed by atoms with E-state index in [0.717, 1.165) is 18.5 Å². The first-order valence-corrected chi connectivity index (χ1v) is 12.8. The number of primary amides is 1. The van der Waals surface area contributed by atoms with Crippen LogP contribution in [0, 0.1) is 17.3 Å². The third-order valence-corrected chi connectivity index (χ3v) is 8.02. The molecule has 0 saturated heterocycles. The molecule has 0 spiro atoms. The number of aryl methyl sites for hydroxylation is 1. The molecule has 0 heterocycles. The molecule has 1 aromatic carbocycles. The fourth-order valence-corrected chi connectivity index (χ4v) is 6.11. The summed E-state index contributed by atoms with van der Waals surface area (Å²) >= 11 is 0. The molecule has 0 radical (unpaired) electrons. The van der Waals surface area contributed by atoms with Gasteiger partial charge in [-0.15, -0.1) is 0 Å². The number of fused-ring (bicyclic) bond motifs is 3. The minimum atomic E-state index is -2.94. The molecule has 7 N–H and O–H groups in total. The first kappa shape index (κ1) is 28.2. The molecular weight excluding hydrogens is 506 g/mol. The lowest BCUT2D eigenvalue weighted by Crippen LogP contribution is -2.64. The average Bonchev–Trinajstić information content (AvgIpc) is 2.81. The lowest BCUT2D eigenvalue weighted by atomic mass is 9.58. The van der Waals surface area contributed by atoms with E-state index >= 15 is 0 Å². The number of anilines is 1. The Morgan fingerprint density at radius 3 is 2.33 bits per heavy atom. The number of phenols is 1. The third kappa shape index (κ3) is 4.25. The molecule has 0 bridgehead atoms. The van der Waals surface area contributed by atoms with Crippen molar-refractivity contribution < 1.29 is 40.0 Å². The highest BCUT2D eigenvalue weighted by Crippen LogP contribution is 2.52. The Balaban J connectivity index is 1.90. The number of allylic oxidation sites excluding steroid dienone is 1. The molecule has 1 saturated carbocycles. The van der Waals surface area contributed by atoms with Gasteiger partial charge < -0.3 is 36.3 Å². The number of oxime groups is 1. The Labute approximate surface area is 225 Å². The molecule has 11 nitrogen and oxygen atoms in total. The molecule has 3 atom stereocenters. The zero-order valence-corrected chi connectivity index (χ0v) is 22.7. The zero-order chi connectivity index (χ0) is 29.2. The summed E-state index contributed by atoms with van der Waals surface area (Å²) < 4.78 is 0. The van der Waals surface area contributed by atoms with Gasteiger partial charge in [-0.05, 0) is 60.6 Å². The first-order chi connectivity index (χ1) is 18.1. The van der Waals surface area contributed by atoms with E-state index in [0.29, 0.717) is 17.5 Å². The molecule has 0 aliphatic heterocycles. The molecule has 0 unspecified atom stereocenters. The summed E-state index contributed by atoms with van der Waals surface area (Å²) in [7, 11) is 3.63. The van der Waals surface area contributed by atoms with Crippen LogP contribution in [0.2, 0.25) is 0 Å². The van der Waals surface area contributed by atoms with Crippen molar-refractivity contribution in [1.29, 1.82) is 0 Å². The number of carbonyl (C=O) groups excluding carboxylic acids is 3. The molecule has 3 aliphatic carbocycles. The number of aliphatic hydroxyl groups is 3. The zero-order valence-electron chi connectivity index (χ0n) is 22.7. The Morgan fingerprint density at radius 2 is 1.79 bits per heavy atom. The van der Waals surface area contributed by atoms with Gasteiger partial charge in [-0.1, -0.05) is 25.9 Å². The summed E-state index contributed by atoms with van der Waals surface area (Å²) in [5.41, 5.74) is 2.35. The molecule has 3 aliphatic rings.